The van der Waals surface area contributed by atoms with Crippen molar-refractivity contribution in [3.05, 3.63) is 68.6 Å². The summed E-state index contributed by atoms with van der Waals surface area (Å²) in [6.07, 6.45) is 0.988. The van der Waals surface area contributed by atoms with Gasteiger partial charge in [-0.2, -0.15) is 5.26 Å². The lowest BCUT2D eigenvalue weighted by Gasteiger charge is -2.23. The Morgan fingerprint density at radius 3 is 1.83 bits per heavy atom. The summed E-state index contributed by atoms with van der Waals surface area (Å²) in [6, 6.07) is 20.1. The van der Waals surface area contributed by atoms with Crippen molar-refractivity contribution < 1.29 is 0 Å². The molecule has 0 aromatic heterocycles. The van der Waals surface area contributed by atoms with Gasteiger partial charge in [0.05, 0.1) is 12.6 Å². The molecule has 0 heterocycles. The number of benzene rings is 2. The molecule has 0 spiro atoms. The average Bonchev–Trinajstić information content (AvgIpc) is 2.70. The molecule has 0 aliphatic rings. The zero-order valence-electron chi connectivity index (χ0n) is 18.4. The van der Waals surface area contributed by atoms with Crippen molar-refractivity contribution >= 4 is 31.9 Å². The van der Waals surface area contributed by atoms with Crippen LogP contribution in [0.2, 0.25) is 0 Å². The molecule has 0 aliphatic carbocycles. The third-order valence-corrected chi connectivity index (χ3v) is 5.61. The van der Waals surface area contributed by atoms with Gasteiger partial charge in [0.1, 0.15) is 0 Å². The quantitative estimate of drug-likeness (QED) is 0.414. The predicted octanol–water partition coefficient (Wildman–Crippen LogP) is 5.50. The van der Waals surface area contributed by atoms with E-state index in [2.05, 4.69) is 112 Å². The highest BCUT2D eigenvalue weighted by molar-refractivity contribution is 9.10. The van der Waals surface area contributed by atoms with Gasteiger partial charge >= 0.3 is 0 Å². The van der Waals surface area contributed by atoms with Crippen molar-refractivity contribution in [2.75, 3.05) is 13.1 Å². The summed E-state index contributed by atoms with van der Waals surface area (Å²) in [5.41, 5.74) is 8.29. The van der Waals surface area contributed by atoms with Crippen LogP contribution in [-0.4, -0.2) is 36.1 Å². The molecule has 3 N–H and O–H groups in total. The van der Waals surface area contributed by atoms with Crippen molar-refractivity contribution in [3.8, 4) is 6.07 Å². The fourth-order valence-corrected chi connectivity index (χ4v) is 3.45. The molecule has 6 heteroatoms. The predicted molar refractivity (Wildman–Crippen MR) is 134 cm³/mol. The zero-order valence-corrected chi connectivity index (χ0v) is 21.6. The first-order valence-corrected chi connectivity index (χ1v) is 11.9. The maximum absolute atomic E-state index is 8.71. The number of nitrogens with zero attached hydrogens (tertiary/aromatic N) is 2. The third-order valence-electron chi connectivity index (χ3n) is 4.55. The van der Waals surface area contributed by atoms with Gasteiger partial charge in [-0.25, -0.2) is 0 Å². The first-order valence-electron chi connectivity index (χ1n) is 10.3. The summed E-state index contributed by atoms with van der Waals surface area (Å²) in [4.78, 5) is 2.14. The summed E-state index contributed by atoms with van der Waals surface area (Å²) in [7, 11) is 0. The van der Waals surface area contributed by atoms with Gasteiger partial charge in [-0.3, -0.25) is 4.90 Å². The topological polar surface area (TPSA) is 65.1 Å². The van der Waals surface area contributed by atoms with E-state index in [0.29, 0.717) is 31.2 Å². The highest BCUT2D eigenvalue weighted by Crippen LogP contribution is 2.13. The molecule has 2 aromatic carbocycles. The van der Waals surface area contributed by atoms with Crippen LogP contribution in [0.25, 0.3) is 0 Å². The monoisotopic (exact) mass is 536 g/mol. The van der Waals surface area contributed by atoms with E-state index in [4.69, 9.17) is 11.0 Å². The van der Waals surface area contributed by atoms with Gasteiger partial charge in [0.15, 0.2) is 0 Å². The Balaban J connectivity index is 0.000000300. The molecule has 164 valence electrons. The van der Waals surface area contributed by atoms with E-state index in [-0.39, 0.29) is 0 Å². The van der Waals surface area contributed by atoms with Crippen LogP contribution in [-0.2, 0) is 13.0 Å². The Hall–Kier alpha value is -1.23. The summed E-state index contributed by atoms with van der Waals surface area (Å²) in [5.74, 6) is 0. The van der Waals surface area contributed by atoms with E-state index in [1.54, 1.807) is 0 Å². The fourth-order valence-electron chi connectivity index (χ4n) is 2.92. The minimum absolute atomic E-state index is 0.367. The Kier molecular flexibility index (Phi) is 13.2. The van der Waals surface area contributed by atoms with Crippen LogP contribution in [0, 0.1) is 11.3 Å². The van der Waals surface area contributed by atoms with Crippen molar-refractivity contribution in [3.63, 3.8) is 0 Å². The van der Waals surface area contributed by atoms with Crippen molar-refractivity contribution in [1.29, 1.82) is 5.26 Å². The van der Waals surface area contributed by atoms with E-state index in [9.17, 15) is 0 Å². The Bertz CT molecular complexity index is 752. The lowest BCUT2D eigenvalue weighted by Crippen LogP contribution is -2.41. The van der Waals surface area contributed by atoms with Gasteiger partial charge in [0.2, 0.25) is 0 Å². The lowest BCUT2D eigenvalue weighted by atomic mass is 10.1. The second-order valence-electron chi connectivity index (χ2n) is 7.87. The van der Waals surface area contributed by atoms with Crippen LogP contribution >= 0.6 is 31.9 Å². The molecule has 0 saturated heterocycles. The first kappa shape index (κ1) is 26.8. The zero-order chi connectivity index (χ0) is 22.5. The largest absolute Gasteiger partial charge is 0.329 e. The molecule has 0 fully saturated rings. The molecule has 1 unspecified atom stereocenters. The Morgan fingerprint density at radius 1 is 0.933 bits per heavy atom. The van der Waals surface area contributed by atoms with Crippen LogP contribution in [0.1, 0.15) is 38.8 Å². The number of nitrogens with one attached hydrogen (secondary N) is 1. The lowest BCUT2D eigenvalue weighted by molar-refractivity contribution is 0.240. The minimum atomic E-state index is 0.367. The van der Waals surface area contributed by atoms with Crippen LogP contribution in [0.15, 0.2) is 57.5 Å². The molecule has 0 amide bonds. The second kappa shape index (κ2) is 14.7. The van der Waals surface area contributed by atoms with E-state index >= 15 is 0 Å². The van der Waals surface area contributed by atoms with E-state index in [0.717, 1.165) is 21.9 Å². The molecule has 0 radical (unpaired) electrons. The van der Waals surface area contributed by atoms with Crippen molar-refractivity contribution in [2.24, 2.45) is 5.73 Å². The number of hydrogen-bond acceptors (Lipinski definition) is 4. The number of nitrogens with two attached hydrogens (primary N) is 1. The second-order valence-corrected chi connectivity index (χ2v) is 9.70. The van der Waals surface area contributed by atoms with E-state index < -0.39 is 0 Å². The van der Waals surface area contributed by atoms with Gasteiger partial charge in [0, 0.05) is 40.2 Å². The van der Waals surface area contributed by atoms with Gasteiger partial charge in [0.25, 0.3) is 0 Å². The summed E-state index contributed by atoms with van der Waals surface area (Å²) in [5, 5.41) is 12.2. The Morgan fingerprint density at radius 2 is 1.43 bits per heavy atom. The van der Waals surface area contributed by atoms with Crippen molar-refractivity contribution in [1.82, 2.24) is 10.2 Å². The number of hydrogen-bond donors (Lipinski definition) is 2. The Labute approximate surface area is 199 Å². The fraction of sp³-hybridized carbons (Fsp3) is 0.458. The van der Waals surface area contributed by atoms with E-state index in [1.165, 1.54) is 11.1 Å². The number of rotatable bonds is 9. The molecule has 30 heavy (non-hydrogen) atoms. The molecule has 0 saturated carbocycles. The van der Waals surface area contributed by atoms with Crippen LogP contribution < -0.4 is 11.1 Å². The highest BCUT2D eigenvalue weighted by atomic mass is 79.9. The first-order chi connectivity index (χ1) is 14.2. The van der Waals surface area contributed by atoms with Crippen LogP contribution in [0.5, 0.6) is 0 Å². The van der Waals surface area contributed by atoms with Gasteiger partial charge in [-0.15, -0.1) is 0 Å². The maximum atomic E-state index is 8.71. The normalized spacial score (nSPS) is 11.9. The van der Waals surface area contributed by atoms with Gasteiger partial charge in [-0.05, 0) is 55.7 Å². The molecule has 0 aliphatic heterocycles. The highest BCUT2D eigenvalue weighted by Gasteiger charge is 2.09. The number of nitriles is 1. The minimum Gasteiger partial charge on any atom is -0.329 e. The molecule has 2 aromatic rings. The van der Waals surface area contributed by atoms with E-state index in [1.807, 2.05) is 12.1 Å². The van der Waals surface area contributed by atoms with Crippen LogP contribution in [0.3, 0.4) is 0 Å². The van der Waals surface area contributed by atoms with Gasteiger partial charge < -0.3 is 11.1 Å². The molecule has 2 rings (SSSR count). The summed E-state index contributed by atoms with van der Waals surface area (Å²) < 4.78 is 2.20. The molecule has 4 nitrogen and oxygen atoms in total. The summed E-state index contributed by atoms with van der Waals surface area (Å²) in [6.45, 7) is 10.5. The molecular weight excluding hydrogens is 504 g/mol. The summed E-state index contributed by atoms with van der Waals surface area (Å²) >= 11 is 6.83. The standard InChI is InChI=1S/C12H19BrN2.C12H15BrN2/c1-9(2)15-12(8-14)7-10-3-5-11(13)6-4-10;1-10(2)15(8-7-14)9-11-3-5-12(13)6-4-11/h3-6,9,12,15H,7-8,14H2,1-2H3;3-6,10H,8-9H2,1-2H3. The molecule has 0 bridgehead atoms. The average molecular weight is 538 g/mol. The molecule has 1 atom stereocenters. The molecular formula is C24H34Br2N4. The van der Waals surface area contributed by atoms with Crippen molar-refractivity contribution in [2.45, 2.75) is 58.8 Å². The smallest absolute Gasteiger partial charge is 0.0871 e. The van der Waals surface area contributed by atoms with Gasteiger partial charge in [-0.1, -0.05) is 70.0 Å². The number of halogens is 2. The van der Waals surface area contributed by atoms with Crippen LogP contribution in [0.4, 0.5) is 0 Å². The SMILES string of the molecule is CC(C)N(CC#N)Cc1ccc(Br)cc1.CC(C)NC(CN)Cc1ccc(Br)cc1. The third kappa shape index (κ3) is 11.2. The maximum Gasteiger partial charge on any atom is 0.0871 e.